The molecular weight excluding hydrogens is 248 g/mol. The standard InChI is InChI=1S/C16H16N4/c1-11-2-3-12(8-19-11)9-20-16-5-4-15(17)14-10-18-7-6-13(14)16/h2-8,10,20H,9,17H2,1H3. The highest BCUT2D eigenvalue weighted by Gasteiger charge is 2.04. The van der Waals surface area contributed by atoms with Gasteiger partial charge in [0, 0.05) is 53.0 Å². The zero-order chi connectivity index (χ0) is 13.9. The van der Waals surface area contributed by atoms with E-state index in [2.05, 4.69) is 21.4 Å². The third kappa shape index (κ3) is 2.40. The lowest BCUT2D eigenvalue weighted by Crippen LogP contribution is -2.01. The predicted molar refractivity (Wildman–Crippen MR) is 82.5 cm³/mol. The molecular formula is C16H16N4. The van der Waals surface area contributed by atoms with Gasteiger partial charge >= 0.3 is 0 Å². The van der Waals surface area contributed by atoms with E-state index in [0.717, 1.165) is 39.9 Å². The number of benzene rings is 1. The maximum absolute atomic E-state index is 5.97. The second-order valence-corrected chi connectivity index (χ2v) is 4.78. The van der Waals surface area contributed by atoms with E-state index in [0.29, 0.717) is 0 Å². The van der Waals surface area contributed by atoms with Crippen molar-refractivity contribution in [2.75, 3.05) is 11.1 Å². The van der Waals surface area contributed by atoms with Gasteiger partial charge < -0.3 is 11.1 Å². The van der Waals surface area contributed by atoms with E-state index in [1.54, 1.807) is 12.4 Å². The first-order valence-corrected chi connectivity index (χ1v) is 6.51. The van der Waals surface area contributed by atoms with Gasteiger partial charge in [0.05, 0.1) is 0 Å². The Kier molecular flexibility index (Phi) is 3.21. The van der Waals surface area contributed by atoms with Crippen LogP contribution in [0.4, 0.5) is 11.4 Å². The van der Waals surface area contributed by atoms with E-state index in [4.69, 9.17) is 5.73 Å². The Balaban J connectivity index is 1.88. The van der Waals surface area contributed by atoms with Crippen LogP contribution in [0.15, 0.2) is 48.9 Å². The molecule has 0 saturated carbocycles. The average Bonchev–Trinajstić information content (AvgIpc) is 2.49. The van der Waals surface area contributed by atoms with E-state index in [-0.39, 0.29) is 0 Å². The first kappa shape index (κ1) is 12.4. The molecule has 2 aromatic heterocycles. The summed E-state index contributed by atoms with van der Waals surface area (Å²) in [5.41, 5.74) is 9.94. The Bertz CT molecular complexity index is 735. The molecule has 0 amide bonds. The normalized spacial score (nSPS) is 10.7. The second kappa shape index (κ2) is 5.17. The van der Waals surface area contributed by atoms with Crippen LogP contribution in [-0.2, 0) is 6.54 Å². The second-order valence-electron chi connectivity index (χ2n) is 4.78. The fourth-order valence-electron chi connectivity index (χ4n) is 2.17. The van der Waals surface area contributed by atoms with Gasteiger partial charge in [0.2, 0.25) is 0 Å². The van der Waals surface area contributed by atoms with Gasteiger partial charge in [-0.05, 0) is 36.8 Å². The minimum Gasteiger partial charge on any atom is -0.398 e. The largest absolute Gasteiger partial charge is 0.398 e. The molecule has 0 aliphatic carbocycles. The number of hydrogen-bond donors (Lipinski definition) is 2. The molecule has 0 bridgehead atoms. The molecule has 3 rings (SSSR count). The molecule has 0 fully saturated rings. The number of pyridine rings is 2. The smallest absolute Gasteiger partial charge is 0.0425 e. The van der Waals surface area contributed by atoms with Crippen molar-refractivity contribution in [3.05, 3.63) is 60.2 Å². The van der Waals surface area contributed by atoms with Gasteiger partial charge in [-0.15, -0.1) is 0 Å². The number of aromatic nitrogens is 2. The number of hydrogen-bond acceptors (Lipinski definition) is 4. The van der Waals surface area contributed by atoms with E-state index >= 15 is 0 Å². The Morgan fingerprint density at radius 1 is 1.05 bits per heavy atom. The molecule has 3 N–H and O–H groups in total. The summed E-state index contributed by atoms with van der Waals surface area (Å²) in [6.45, 7) is 2.71. The van der Waals surface area contributed by atoms with Crippen LogP contribution < -0.4 is 11.1 Å². The molecule has 3 aromatic rings. The highest BCUT2D eigenvalue weighted by Crippen LogP contribution is 2.27. The summed E-state index contributed by atoms with van der Waals surface area (Å²) >= 11 is 0. The quantitative estimate of drug-likeness (QED) is 0.713. The van der Waals surface area contributed by atoms with Crippen LogP contribution in [0.1, 0.15) is 11.3 Å². The lowest BCUT2D eigenvalue weighted by molar-refractivity contribution is 1.09. The number of nitrogens with zero attached hydrogens (tertiary/aromatic N) is 2. The van der Waals surface area contributed by atoms with Crippen LogP contribution in [-0.4, -0.2) is 9.97 Å². The highest BCUT2D eigenvalue weighted by molar-refractivity contribution is 6.00. The number of nitrogens with two attached hydrogens (primary N) is 1. The summed E-state index contributed by atoms with van der Waals surface area (Å²) in [6.07, 6.45) is 5.47. The van der Waals surface area contributed by atoms with Gasteiger partial charge in [-0.1, -0.05) is 6.07 Å². The first-order valence-electron chi connectivity index (χ1n) is 6.51. The van der Waals surface area contributed by atoms with Crippen molar-refractivity contribution in [3.63, 3.8) is 0 Å². The number of fused-ring (bicyclic) bond motifs is 1. The molecule has 1 aromatic carbocycles. The molecule has 0 atom stereocenters. The van der Waals surface area contributed by atoms with Gasteiger partial charge in [0.15, 0.2) is 0 Å². The molecule has 0 spiro atoms. The fraction of sp³-hybridized carbons (Fsp3) is 0.125. The first-order chi connectivity index (χ1) is 9.74. The van der Waals surface area contributed by atoms with Crippen LogP contribution in [0.3, 0.4) is 0 Å². The fourth-order valence-corrected chi connectivity index (χ4v) is 2.17. The van der Waals surface area contributed by atoms with E-state index in [9.17, 15) is 0 Å². The molecule has 0 aliphatic rings. The lowest BCUT2D eigenvalue weighted by atomic mass is 10.1. The van der Waals surface area contributed by atoms with Crippen LogP contribution in [0.5, 0.6) is 0 Å². The molecule has 0 radical (unpaired) electrons. The Labute approximate surface area is 117 Å². The van der Waals surface area contributed by atoms with Crippen molar-refractivity contribution in [3.8, 4) is 0 Å². The third-order valence-corrected chi connectivity index (χ3v) is 3.31. The van der Waals surface area contributed by atoms with Crippen molar-refractivity contribution in [2.45, 2.75) is 13.5 Å². The molecule has 4 nitrogen and oxygen atoms in total. The molecule has 100 valence electrons. The topological polar surface area (TPSA) is 63.8 Å². The maximum Gasteiger partial charge on any atom is 0.0425 e. The zero-order valence-electron chi connectivity index (χ0n) is 11.3. The van der Waals surface area contributed by atoms with Gasteiger partial charge in [-0.3, -0.25) is 9.97 Å². The Morgan fingerprint density at radius 2 is 1.95 bits per heavy atom. The Morgan fingerprint density at radius 3 is 2.75 bits per heavy atom. The molecule has 0 aliphatic heterocycles. The number of rotatable bonds is 3. The summed E-state index contributed by atoms with van der Waals surface area (Å²) in [5.74, 6) is 0. The number of nitrogens with one attached hydrogen (secondary N) is 1. The van der Waals surface area contributed by atoms with Gasteiger partial charge in [0.1, 0.15) is 0 Å². The van der Waals surface area contributed by atoms with Crippen LogP contribution in [0.25, 0.3) is 10.8 Å². The summed E-state index contributed by atoms with van der Waals surface area (Å²) in [7, 11) is 0. The molecule has 2 heterocycles. The van der Waals surface area contributed by atoms with Crippen LogP contribution in [0, 0.1) is 6.92 Å². The molecule has 4 heteroatoms. The van der Waals surface area contributed by atoms with Crippen molar-refractivity contribution < 1.29 is 0 Å². The maximum atomic E-state index is 5.97. The van der Waals surface area contributed by atoms with Crippen molar-refractivity contribution in [2.24, 2.45) is 0 Å². The SMILES string of the molecule is Cc1ccc(CNc2ccc(N)c3cnccc23)cn1. The number of nitrogen functional groups attached to an aromatic ring is 1. The predicted octanol–water partition coefficient (Wildman–Crippen LogP) is 3.13. The molecule has 20 heavy (non-hydrogen) atoms. The number of anilines is 2. The van der Waals surface area contributed by atoms with Gasteiger partial charge in [-0.2, -0.15) is 0 Å². The van der Waals surface area contributed by atoms with Gasteiger partial charge in [-0.25, -0.2) is 0 Å². The molecule has 0 unspecified atom stereocenters. The monoisotopic (exact) mass is 264 g/mol. The van der Waals surface area contributed by atoms with Crippen molar-refractivity contribution in [1.29, 1.82) is 0 Å². The van der Waals surface area contributed by atoms with E-state index in [1.807, 2.05) is 37.4 Å². The highest BCUT2D eigenvalue weighted by atomic mass is 14.9. The van der Waals surface area contributed by atoms with Crippen molar-refractivity contribution >= 4 is 22.1 Å². The Hall–Kier alpha value is -2.62. The van der Waals surface area contributed by atoms with Crippen LogP contribution in [0.2, 0.25) is 0 Å². The van der Waals surface area contributed by atoms with E-state index in [1.165, 1.54) is 0 Å². The number of aryl methyl sites for hydroxylation is 1. The molecule has 0 saturated heterocycles. The summed E-state index contributed by atoms with van der Waals surface area (Å²) in [5, 5.41) is 5.48. The minimum atomic E-state index is 0.731. The zero-order valence-corrected chi connectivity index (χ0v) is 11.3. The summed E-state index contributed by atoms with van der Waals surface area (Å²) in [6, 6.07) is 9.97. The third-order valence-electron chi connectivity index (χ3n) is 3.31. The summed E-state index contributed by atoms with van der Waals surface area (Å²) < 4.78 is 0. The van der Waals surface area contributed by atoms with Gasteiger partial charge in [0.25, 0.3) is 0 Å². The summed E-state index contributed by atoms with van der Waals surface area (Å²) in [4.78, 5) is 8.42. The lowest BCUT2D eigenvalue weighted by Gasteiger charge is -2.11. The van der Waals surface area contributed by atoms with E-state index < -0.39 is 0 Å². The average molecular weight is 264 g/mol. The minimum absolute atomic E-state index is 0.731. The van der Waals surface area contributed by atoms with Crippen molar-refractivity contribution in [1.82, 2.24) is 9.97 Å². The van der Waals surface area contributed by atoms with Crippen LogP contribution >= 0.6 is 0 Å².